The van der Waals surface area contributed by atoms with Crippen molar-refractivity contribution in [3.05, 3.63) is 46.7 Å². The number of amides is 1. The monoisotopic (exact) mass is 428 g/mol. The molecule has 1 unspecified atom stereocenters. The molecule has 7 nitrogen and oxygen atoms in total. The van der Waals surface area contributed by atoms with E-state index < -0.39 is 36.5 Å². The predicted octanol–water partition coefficient (Wildman–Crippen LogP) is 3.32. The highest BCUT2D eigenvalue weighted by Crippen LogP contribution is 2.40. The Morgan fingerprint density at radius 2 is 2.07 bits per heavy atom. The van der Waals surface area contributed by atoms with Gasteiger partial charge in [-0.2, -0.15) is 13.2 Å². The first-order chi connectivity index (χ1) is 13.5. The van der Waals surface area contributed by atoms with Crippen molar-refractivity contribution >= 4 is 17.2 Å². The average Bonchev–Trinajstić information content (AvgIpc) is 3.33. The number of carbonyl (C=O) groups is 1. The Bertz CT molecular complexity index is 1020. The number of carbonyl (C=O) groups excluding carboxylic acids is 1. The number of hydrogen-bond acceptors (Lipinski definition) is 6. The third-order valence-electron chi connectivity index (χ3n) is 4.39. The fourth-order valence-corrected chi connectivity index (χ4v) is 3.79. The summed E-state index contributed by atoms with van der Waals surface area (Å²) in [6.07, 6.45) is -3.26. The van der Waals surface area contributed by atoms with Crippen LogP contribution in [0.15, 0.2) is 28.9 Å². The Morgan fingerprint density at radius 1 is 1.34 bits per heavy atom. The van der Waals surface area contributed by atoms with Crippen molar-refractivity contribution in [2.45, 2.75) is 32.0 Å². The van der Waals surface area contributed by atoms with E-state index in [1.807, 2.05) is 0 Å². The lowest BCUT2D eigenvalue weighted by Crippen LogP contribution is -2.46. The van der Waals surface area contributed by atoms with Crippen molar-refractivity contribution in [1.29, 1.82) is 0 Å². The van der Waals surface area contributed by atoms with Crippen molar-refractivity contribution in [3.63, 3.8) is 0 Å². The van der Waals surface area contributed by atoms with E-state index >= 15 is 0 Å². The van der Waals surface area contributed by atoms with Gasteiger partial charge in [-0.05, 0) is 26.0 Å². The van der Waals surface area contributed by atoms with Crippen LogP contribution in [0.4, 0.5) is 13.2 Å². The second-order valence-corrected chi connectivity index (χ2v) is 7.57. The molecule has 2 N–H and O–H groups in total. The van der Waals surface area contributed by atoms with E-state index in [-0.39, 0.29) is 4.88 Å². The number of hydrogen-bond donors (Lipinski definition) is 2. The molecule has 156 valence electrons. The topological polar surface area (TPSA) is 93.2 Å². The van der Waals surface area contributed by atoms with Crippen LogP contribution in [0.5, 0.6) is 0 Å². The van der Waals surface area contributed by atoms with E-state index in [9.17, 15) is 23.1 Å². The number of aliphatic hydroxyl groups is 1. The molecule has 0 aliphatic carbocycles. The normalized spacial score (nSPS) is 14.0. The number of rotatable bonds is 6. The average molecular weight is 428 g/mol. The van der Waals surface area contributed by atoms with Gasteiger partial charge in [0.1, 0.15) is 16.5 Å². The van der Waals surface area contributed by atoms with Gasteiger partial charge in [-0.15, -0.1) is 11.3 Å². The van der Waals surface area contributed by atoms with Crippen LogP contribution in [0.25, 0.3) is 10.8 Å². The molecule has 11 heteroatoms. The third-order valence-corrected chi connectivity index (χ3v) is 5.56. The number of alkyl halides is 3. The lowest BCUT2D eigenvalue weighted by Gasteiger charge is -2.29. The summed E-state index contributed by atoms with van der Waals surface area (Å²) in [6, 6.07) is 3.49. The van der Waals surface area contributed by atoms with E-state index in [1.54, 1.807) is 26.0 Å². The highest BCUT2D eigenvalue weighted by Gasteiger charge is 2.57. The molecule has 3 aromatic rings. The lowest BCUT2D eigenvalue weighted by atomic mass is 9.97. The zero-order chi connectivity index (χ0) is 21.4. The predicted molar refractivity (Wildman–Crippen MR) is 99.4 cm³/mol. The van der Waals surface area contributed by atoms with Crippen LogP contribution >= 0.6 is 11.3 Å². The summed E-state index contributed by atoms with van der Waals surface area (Å²) in [5, 5.41) is 13.2. The number of furan rings is 1. The first-order valence-corrected chi connectivity index (χ1v) is 9.44. The summed E-state index contributed by atoms with van der Waals surface area (Å²) < 4.78 is 47.1. The fourth-order valence-electron chi connectivity index (χ4n) is 2.84. The van der Waals surface area contributed by atoms with Crippen LogP contribution in [0.3, 0.4) is 0 Å². The highest BCUT2D eigenvalue weighted by atomic mass is 32.1. The zero-order valence-electron chi connectivity index (χ0n) is 15.9. The maximum absolute atomic E-state index is 13.5. The van der Waals surface area contributed by atoms with Crippen LogP contribution in [-0.4, -0.2) is 38.3 Å². The SMILES string of the molecule is Cc1ccc(-c2nc(C)c(C(=O)NCCC(O)(c3nccn3C)C(F)(F)F)s2)o1. The van der Waals surface area contributed by atoms with E-state index in [0.717, 1.165) is 15.9 Å². The molecule has 1 amide bonds. The maximum Gasteiger partial charge on any atom is 0.424 e. The molecule has 29 heavy (non-hydrogen) atoms. The Hall–Kier alpha value is -2.66. The van der Waals surface area contributed by atoms with Gasteiger partial charge in [0.15, 0.2) is 10.8 Å². The minimum absolute atomic E-state index is 0.265. The first kappa shape index (κ1) is 21.1. The molecule has 0 fully saturated rings. The molecule has 0 aliphatic rings. The number of nitrogens with zero attached hydrogens (tertiary/aromatic N) is 3. The Kier molecular flexibility index (Phi) is 5.54. The standard InChI is InChI=1S/C18H19F3N4O3S/c1-10-4-5-12(28-10)15-24-11(2)13(29-15)14(26)22-7-6-17(27,18(19,20)21)16-23-8-9-25(16)3/h4-5,8-9,27H,6-7H2,1-3H3,(H,22,26). The summed E-state index contributed by atoms with van der Waals surface area (Å²) in [5.74, 6) is 0.0954. The Morgan fingerprint density at radius 3 is 2.62 bits per heavy atom. The third kappa shape index (κ3) is 4.06. The van der Waals surface area contributed by atoms with Crippen molar-refractivity contribution in [2.75, 3.05) is 6.54 Å². The molecule has 3 rings (SSSR count). The van der Waals surface area contributed by atoms with Gasteiger partial charge in [0, 0.05) is 32.4 Å². The second-order valence-electron chi connectivity index (χ2n) is 6.57. The van der Waals surface area contributed by atoms with Crippen LogP contribution in [0.2, 0.25) is 0 Å². The molecule has 0 aliphatic heterocycles. The lowest BCUT2D eigenvalue weighted by molar-refractivity contribution is -0.272. The number of imidazole rings is 1. The van der Waals surface area contributed by atoms with Crippen molar-refractivity contribution in [3.8, 4) is 10.8 Å². The van der Waals surface area contributed by atoms with Gasteiger partial charge in [0.25, 0.3) is 5.91 Å². The largest absolute Gasteiger partial charge is 0.459 e. The molecule has 1 atom stereocenters. The molecule has 0 saturated heterocycles. The van der Waals surface area contributed by atoms with Gasteiger partial charge >= 0.3 is 6.18 Å². The number of halogens is 3. The minimum Gasteiger partial charge on any atom is -0.459 e. The number of aromatic nitrogens is 3. The molecular weight excluding hydrogens is 409 g/mol. The van der Waals surface area contributed by atoms with Crippen LogP contribution in [0, 0.1) is 13.8 Å². The smallest absolute Gasteiger partial charge is 0.424 e. The molecule has 0 bridgehead atoms. The summed E-state index contributed by atoms with van der Waals surface area (Å²) in [4.78, 5) is 20.6. The molecule has 3 aromatic heterocycles. The summed E-state index contributed by atoms with van der Waals surface area (Å²) in [5.41, 5.74) is -2.75. The van der Waals surface area contributed by atoms with E-state index in [4.69, 9.17) is 4.42 Å². The van der Waals surface area contributed by atoms with Gasteiger partial charge in [-0.25, -0.2) is 9.97 Å². The molecule has 3 heterocycles. The van der Waals surface area contributed by atoms with Gasteiger partial charge < -0.3 is 19.4 Å². The van der Waals surface area contributed by atoms with Crippen molar-refractivity contribution in [2.24, 2.45) is 7.05 Å². The zero-order valence-corrected chi connectivity index (χ0v) is 16.7. The van der Waals surface area contributed by atoms with Gasteiger partial charge in [0.2, 0.25) is 5.60 Å². The second kappa shape index (κ2) is 7.64. The van der Waals surface area contributed by atoms with Gasteiger partial charge in [-0.1, -0.05) is 0 Å². The number of aryl methyl sites for hydroxylation is 3. The van der Waals surface area contributed by atoms with E-state index in [0.29, 0.717) is 22.2 Å². The van der Waals surface area contributed by atoms with Crippen molar-refractivity contribution < 1.29 is 27.5 Å². The minimum atomic E-state index is -4.96. The summed E-state index contributed by atoms with van der Waals surface area (Å²) in [6.45, 7) is 3.00. The highest BCUT2D eigenvalue weighted by molar-refractivity contribution is 7.17. The number of nitrogens with one attached hydrogen (secondary N) is 1. The molecule has 0 radical (unpaired) electrons. The van der Waals surface area contributed by atoms with Crippen LogP contribution in [0.1, 0.15) is 33.4 Å². The molecular formula is C18H19F3N4O3S. The van der Waals surface area contributed by atoms with E-state index in [1.165, 1.54) is 19.4 Å². The van der Waals surface area contributed by atoms with E-state index in [2.05, 4.69) is 15.3 Å². The maximum atomic E-state index is 13.5. The van der Waals surface area contributed by atoms with Crippen LogP contribution in [-0.2, 0) is 12.6 Å². The molecule has 0 aromatic carbocycles. The Labute approximate surface area is 168 Å². The molecule has 0 spiro atoms. The molecule has 0 saturated carbocycles. The Balaban J connectivity index is 1.72. The first-order valence-electron chi connectivity index (χ1n) is 8.62. The van der Waals surface area contributed by atoms with Crippen molar-refractivity contribution in [1.82, 2.24) is 19.9 Å². The number of thiazole rings is 1. The fraction of sp³-hybridized carbons (Fsp3) is 0.389. The van der Waals surface area contributed by atoms with Gasteiger partial charge in [-0.3, -0.25) is 4.79 Å². The quantitative estimate of drug-likeness (QED) is 0.628. The summed E-state index contributed by atoms with van der Waals surface area (Å²) in [7, 11) is 1.36. The summed E-state index contributed by atoms with van der Waals surface area (Å²) >= 11 is 1.08. The van der Waals surface area contributed by atoms with Gasteiger partial charge in [0.05, 0.1) is 5.69 Å². The van der Waals surface area contributed by atoms with Crippen LogP contribution < -0.4 is 5.32 Å².